The molecule has 31 heavy (non-hydrogen) atoms. The van der Waals surface area contributed by atoms with Crippen molar-refractivity contribution in [3.05, 3.63) is 41.7 Å². The number of guanidine groups is 1. The van der Waals surface area contributed by atoms with Crippen molar-refractivity contribution < 1.29 is 4.42 Å². The molecule has 0 spiro atoms. The molecule has 3 rings (SSSR count). The van der Waals surface area contributed by atoms with Gasteiger partial charge in [-0.2, -0.15) is 0 Å². The molecule has 0 unspecified atom stereocenters. The van der Waals surface area contributed by atoms with Gasteiger partial charge in [-0.15, -0.1) is 24.0 Å². The van der Waals surface area contributed by atoms with Gasteiger partial charge in [0.15, 0.2) is 5.96 Å². The van der Waals surface area contributed by atoms with Crippen LogP contribution in [0.3, 0.4) is 0 Å². The van der Waals surface area contributed by atoms with Gasteiger partial charge in [0.2, 0.25) is 5.89 Å². The highest BCUT2D eigenvalue weighted by Crippen LogP contribution is 2.22. The average Bonchev–Trinajstić information content (AvgIpc) is 3.05. The van der Waals surface area contributed by atoms with Crippen molar-refractivity contribution in [3.8, 4) is 0 Å². The molecule has 2 aromatic rings. The van der Waals surface area contributed by atoms with Gasteiger partial charge in [-0.3, -0.25) is 0 Å². The molecule has 0 aromatic carbocycles. The molecular formula is C23H37IN6O. The summed E-state index contributed by atoms with van der Waals surface area (Å²) < 4.78 is 5.86. The van der Waals surface area contributed by atoms with Crippen LogP contribution in [0.2, 0.25) is 0 Å². The lowest BCUT2D eigenvalue weighted by molar-refractivity contribution is 0.379. The van der Waals surface area contributed by atoms with E-state index in [0.29, 0.717) is 19.0 Å². The van der Waals surface area contributed by atoms with Gasteiger partial charge >= 0.3 is 0 Å². The van der Waals surface area contributed by atoms with E-state index in [1.165, 1.54) is 25.7 Å². The summed E-state index contributed by atoms with van der Waals surface area (Å²) in [5, 5.41) is 6.60. The van der Waals surface area contributed by atoms with Crippen molar-refractivity contribution in [1.29, 1.82) is 0 Å². The normalized spacial score (nSPS) is 15.2. The molecular weight excluding hydrogens is 503 g/mol. The molecule has 0 aliphatic carbocycles. The fraction of sp³-hybridized carbons (Fsp3) is 0.609. The molecule has 0 saturated carbocycles. The Morgan fingerprint density at radius 3 is 2.52 bits per heavy atom. The first-order valence-corrected chi connectivity index (χ1v) is 11.1. The minimum absolute atomic E-state index is 0. The molecule has 1 aliphatic heterocycles. The number of hydrogen-bond acceptors (Lipinski definition) is 5. The lowest BCUT2D eigenvalue weighted by Gasteiger charge is -2.21. The van der Waals surface area contributed by atoms with Crippen LogP contribution in [0.5, 0.6) is 0 Å². The summed E-state index contributed by atoms with van der Waals surface area (Å²) in [5.41, 5.74) is 1.11. The van der Waals surface area contributed by atoms with Crippen LogP contribution in [0, 0.1) is 0 Å². The monoisotopic (exact) mass is 540 g/mol. The number of pyridine rings is 1. The number of oxazole rings is 1. The fourth-order valence-electron chi connectivity index (χ4n) is 3.44. The van der Waals surface area contributed by atoms with Crippen molar-refractivity contribution in [2.24, 2.45) is 4.99 Å². The molecule has 0 radical (unpaired) electrons. The van der Waals surface area contributed by atoms with Crippen molar-refractivity contribution >= 4 is 35.8 Å². The first kappa shape index (κ1) is 25.4. The van der Waals surface area contributed by atoms with Crippen LogP contribution in [0.1, 0.15) is 70.6 Å². The first-order chi connectivity index (χ1) is 14.5. The second kappa shape index (κ2) is 12.3. The zero-order valence-electron chi connectivity index (χ0n) is 19.3. The SMILES string of the molecule is CCNC(=NCc1ccnc(N2CCCCCC2)c1)NCc1ncc(C(C)(C)C)o1.I. The van der Waals surface area contributed by atoms with Gasteiger partial charge in [0.1, 0.15) is 11.6 Å². The summed E-state index contributed by atoms with van der Waals surface area (Å²) >= 11 is 0. The Morgan fingerprint density at radius 1 is 1.13 bits per heavy atom. The Kier molecular flexibility index (Phi) is 10.1. The van der Waals surface area contributed by atoms with Crippen molar-refractivity contribution in [3.63, 3.8) is 0 Å². The average molecular weight is 540 g/mol. The van der Waals surface area contributed by atoms with Gasteiger partial charge < -0.3 is 20.0 Å². The predicted molar refractivity (Wildman–Crippen MR) is 137 cm³/mol. The molecule has 3 heterocycles. The molecule has 0 bridgehead atoms. The highest BCUT2D eigenvalue weighted by Gasteiger charge is 2.19. The largest absolute Gasteiger partial charge is 0.443 e. The van der Waals surface area contributed by atoms with E-state index in [-0.39, 0.29) is 29.4 Å². The number of nitrogens with zero attached hydrogens (tertiary/aromatic N) is 4. The number of nitrogens with one attached hydrogen (secondary N) is 2. The predicted octanol–water partition coefficient (Wildman–Crippen LogP) is 4.62. The summed E-state index contributed by atoms with van der Waals surface area (Å²) in [6, 6.07) is 4.21. The number of rotatable bonds is 6. The van der Waals surface area contributed by atoms with Crippen LogP contribution >= 0.6 is 24.0 Å². The van der Waals surface area contributed by atoms with E-state index < -0.39 is 0 Å². The van der Waals surface area contributed by atoms with E-state index in [0.717, 1.165) is 42.7 Å². The van der Waals surface area contributed by atoms with E-state index in [1.54, 1.807) is 0 Å². The number of aliphatic imine (C=N–C) groups is 1. The van der Waals surface area contributed by atoms with E-state index >= 15 is 0 Å². The van der Waals surface area contributed by atoms with Crippen LogP contribution in [-0.2, 0) is 18.5 Å². The molecule has 2 aromatic heterocycles. The Balaban J connectivity index is 0.00000341. The van der Waals surface area contributed by atoms with Crippen LogP contribution < -0.4 is 15.5 Å². The number of aromatic nitrogens is 2. The molecule has 8 heteroatoms. The Bertz CT molecular complexity index is 821. The summed E-state index contributed by atoms with van der Waals surface area (Å²) in [6.07, 6.45) is 8.83. The smallest absolute Gasteiger partial charge is 0.213 e. The summed E-state index contributed by atoms with van der Waals surface area (Å²) in [5.74, 6) is 3.37. The highest BCUT2D eigenvalue weighted by molar-refractivity contribution is 14.0. The molecule has 0 atom stereocenters. The standard InChI is InChI=1S/C23H36N6O.HI/c1-5-24-22(28-17-21-26-16-19(30-21)23(2,3)4)27-15-18-10-11-25-20(14-18)29-12-8-6-7-9-13-29;/h10-11,14,16H,5-9,12-13,15,17H2,1-4H3,(H2,24,27,28);1H. The molecule has 1 saturated heterocycles. The third kappa shape index (κ3) is 7.97. The number of halogens is 1. The lowest BCUT2D eigenvalue weighted by Crippen LogP contribution is -2.36. The maximum Gasteiger partial charge on any atom is 0.213 e. The minimum Gasteiger partial charge on any atom is -0.443 e. The third-order valence-corrected chi connectivity index (χ3v) is 5.20. The van der Waals surface area contributed by atoms with E-state index in [4.69, 9.17) is 9.41 Å². The van der Waals surface area contributed by atoms with Crippen LogP contribution in [0.4, 0.5) is 5.82 Å². The zero-order valence-corrected chi connectivity index (χ0v) is 21.6. The molecule has 1 aliphatic rings. The van der Waals surface area contributed by atoms with Gasteiger partial charge in [0, 0.05) is 31.2 Å². The Labute approximate surface area is 203 Å². The number of anilines is 1. The van der Waals surface area contributed by atoms with Crippen LogP contribution in [-0.4, -0.2) is 35.6 Å². The van der Waals surface area contributed by atoms with Crippen molar-refractivity contribution in [2.45, 2.75) is 71.9 Å². The first-order valence-electron chi connectivity index (χ1n) is 11.1. The molecule has 1 fully saturated rings. The van der Waals surface area contributed by atoms with Gasteiger partial charge in [0.05, 0.1) is 19.3 Å². The Hall–Kier alpha value is -1.84. The van der Waals surface area contributed by atoms with Crippen LogP contribution in [0.25, 0.3) is 0 Å². The van der Waals surface area contributed by atoms with E-state index in [2.05, 4.69) is 59.3 Å². The molecule has 0 amide bonds. The third-order valence-electron chi connectivity index (χ3n) is 5.20. The molecule has 172 valence electrons. The van der Waals surface area contributed by atoms with E-state index in [1.807, 2.05) is 18.5 Å². The highest BCUT2D eigenvalue weighted by atomic mass is 127. The molecule has 7 nitrogen and oxygen atoms in total. The quantitative estimate of drug-likeness (QED) is 0.316. The topological polar surface area (TPSA) is 78.6 Å². The van der Waals surface area contributed by atoms with Gasteiger partial charge in [0.25, 0.3) is 0 Å². The van der Waals surface area contributed by atoms with E-state index in [9.17, 15) is 0 Å². The van der Waals surface area contributed by atoms with Gasteiger partial charge in [-0.05, 0) is 37.5 Å². The lowest BCUT2D eigenvalue weighted by atomic mass is 9.94. The van der Waals surface area contributed by atoms with Gasteiger partial charge in [-0.25, -0.2) is 15.0 Å². The second-order valence-electron chi connectivity index (χ2n) is 8.84. The van der Waals surface area contributed by atoms with Gasteiger partial charge in [-0.1, -0.05) is 33.6 Å². The summed E-state index contributed by atoms with van der Waals surface area (Å²) in [4.78, 5) is 16.1. The van der Waals surface area contributed by atoms with Crippen LogP contribution in [0.15, 0.2) is 33.9 Å². The molecule has 2 N–H and O–H groups in total. The number of hydrogen-bond donors (Lipinski definition) is 2. The summed E-state index contributed by atoms with van der Waals surface area (Å²) in [7, 11) is 0. The Morgan fingerprint density at radius 2 is 1.87 bits per heavy atom. The maximum absolute atomic E-state index is 5.86. The minimum atomic E-state index is -0.0454. The van der Waals surface area contributed by atoms with Crippen molar-refractivity contribution in [1.82, 2.24) is 20.6 Å². The zero-order chi connectivity index (χ0) is 21.4. The van der Waals surface area contributed by atoms with Crippen molar-refractivity contribution in [2.75, 3.05) is 24.5 Å². The maximum atomic E-state index is 5.86. The summed E-state index contributed by atoms with van der Waals surface area (Å²) in [6.45, 7) is 12.5. The second-order valence-corrected chi connectivity index (χ2v) is 8.84. The fourth-order valence-corrected chi connectivity index (χ4v) is 3.44.